The predicted molar refractivity (Wildman–Crippen MR) is 72.3 cm³/mol. The van der Waals surface area contributed by atoms with E-state index in [1.54, 1.807) is 11.0 Å². The molecule has 2 rings (SSSR count). The van der Waals surface area contributed by atoms with Gasteiger partial charge in [-0.3, -0.25) is 4.79 Å². The Morgan fingerprint density at radius 1 is 1.72 bits per heavy atom. The van der Waals surface area contributed by atoms with Crippen molar-refractivity contribution < 1.29 is 9.32 Å². The van der Waals surface area contributed by atoms with Gasteiger partial charge in [-0.05, 0) is 41.6 Å². The normalized spacial score (nSPS) is 17.3. The van der Waals surface area contributed by atoms with Crippen molar-refractivity contribution in [1.82, 2.24) is 10.1 Å². The molecule has 1 saturated carbocycles. The summed E-state index contributed by atoms with van der Waals surface area (Å²) in [6.07, 6.45) is 3.63. The first-order valence-corrected chi connectivity index (χ1v) is 7.41. The van der Waals surface area contributed by atoms with Gasteiger partial charge in [0.15, 0.2) is 5.76 Å². The highest BCUT2D eigenvalue weighted by Crippen LogP contribution is 2.32. The average Bonchev–Trinajstić information content (AvgIpc) is 2.68. The van der Waals surface area contributed by atoms with E-state index in [0.29, 0.717) is 22.8 Å². The molecule has 0 bridgehead atoms. The van der Waals surface area contributed by atoms with E-state index >= 15 is 0 Å². The van der Waals surface area contributed by atoms with Gasteiger partial charge >= 0.3 is 0 Å². The molecular formula is C12H16BrClN2O2. The summed E-state index contributed by atoms with van der Waals surface area (Å²) in [6, 6.07) is 1.98. The Morgan fingerprint density at radius 3 is 2.89 bits per heavy atom. The minimum absolute atomic E-state index is 0.00632. The fourth-order valence-electron chi connectivity index (χ4n) is 2.24. The van der Waals surface area contributed by atoms with Crippen LogP contribution in [0.5, 0.6) is 0 Å². The average molecular weight is 336 g/mol. The number of aromatic nitrogens is 1. The first-order chi connectivity index (χ1) is 8.61. The number of rotatable bonds is 5. The van der Waals surface area contributed by atoms with Gasteiger partial charge in [0.25, 0.3) is 0 Å². The highest BCUT2D eigenvalue weighted by Gasteiger charge is 2.31. The van der Waals surface area contributed by atoms with E-state index < -0.39 is 0 Å². The maximum Gasteiger partial charge on any atom is 0.238 e. The summed E-state index contributed by atoms with van der Waals surface area (Å²) < 4.78 is 5.78. The van der Waals surface area contributed by atoms with E-state index in [-0.39, 0.29) is 17.8 Å². The van der Waals surface area contributed by atoms with E-state index in [1.165, 1.54) is 19.3 Å². The van der Waals surface area contributed by atoms with Crippen LogP contribution in [-0.4, -0.2) is 27.9 Å². The van der Waals surface area contributed by atoms with E-state index in [9.17, 15) is 4.79 Å². The molecule has 0 aromatic carbocycles. The predicted octanol–water partition coefficient (Wildman–Crippen LogP) is 3.19. The van der Waals surface area contributed by atoms with Crippen LogP contribution in [0.15, 0.2) is 15.2 Å². The molecule has 18 heavy (non-hydrogen) atoms. The number of amides is 1. The number of halogens is 2. The van der Waals surface area contributed by atoms with Crippen molar-refractivity contribution in [2.24, 2.45) is 5.92 Å². The zero-order valence-corrected chi connectivity index (χ0v) is 12.6. The van der Waals surface area contributed by atoms with Gasteiger partial charge in [-0.1, -0.05) is 11.6 Å². The van der Waals surface area contributed by atoms with Crippen LogP contribution in [0.1, 0.15) is 31.9 Å². The maximum absolute atomic E-state index is 11.9. The third kappa shape index (κ3) is 3.06. The van der Waals surface area contributed by atoms with Gasteiger partial charge < -0.3 is 9.42 Å². The molecule has 1 fully saturated rings. The summed E-state index contributed by atoms with van der Waals surface area (Å²) in [4.78, 5) is 13.7. The van der Waals surface area contributed by atoms with Gasteiger partial charge in [0, 0.05) is 12.1 Å². The Hall–Kier alpha value is -0.550. The van der Waals surface area contributed by atoms with Crippen LogP contribution in [0, 0.1) is 5.92 Å². The van der Waals surface area contributed by atoms with Crippen LogP contribution in [0.2, 0.25) is 0 Å². The maximum atomic E-state index is 11.9. The van der Waals surface area contributed by atoms with Crippen molar-refractivity contribution in [3.05, 3.63) is 16.4 Å². The summed E-state index contributed by atoms with van der Waals surface area (Å²) >= 11 is 8.91. The Bertz CT molecular complexity index is 420. The third-order valence-electron chi connectivity index (χ3n) is 3.61. The third-order valence-corrected chi connectivity index (χ3v) is 4.22. The molecule has 1 amide bonds. The first kappa shape index (κ1) is 13.9. The molecule has 0 unspecified atom stereocenters. The minimum Gasteiger partial charge on any atom is -0.358 e. The van der Waals surface area contributed by atoms with Gasteiger partial charge in [-0.2, -0.15) is 0 Å². The lowest BCUT2D eigenvalue weighted by Crippen LogP contribution is -2.44. The van der Waals surface area contributed by atoms with Crippen molar-refractivity contribution >= 4 is 33.4 Å². The van der Waals surface area contributed by atoms with Crippen LogP contribution < -0.4 is 0 Å². The molecule has 0 spiro atoms. The van der Waals surface area contributed by atoms with Crippen molar-refractivity contribution in [2.45, 2.75) is 38.8 Å². The highest BCUT2D eigenvalue weighted by atomic mass is 79.9. The zero-order chi connectivity index (χ0) is 13.1. The molecular weight excluding hydrogens is 320 g/mol. The first-order valence-electron chi connectivity index (χ1n) is 6.08. The van der Waals surface area contributed by atoms with Crippen LogP contribution in [0.3, 0.4) is 0 Å². The molecule has 4 nitrogen and oxygen atoms in total. The van der Waals surface area contributed by atoms with E-state index in [4.69, 9.17) is 16.1 Å². The fourth-order valence-corrected chi connectivity index (χ4v) is 2.72. The molecule has 6 heteroatoms. The number of nitrogens with zero attached hydrogens (tertiary/aromatic N) is 2. The lowest BCUT2D eigenvalue weighted by molar-refractivity contribution is -0.133. The van der Waals surface area contributed by atoms with E-state index in [1.807, 2.05) is 0 Å². The standard InChI is InChI=1S/C12H16BrClN2O2/c1-8(9-3-2-4-9)16(12(17)6-14)7-10-5-11(13)15-18-10/h5,8-9H,2-4,6-7H2,1H3/t8-/m1/s1. The van der Waals surface area contributed by atoms with Crippen molar-refractivity contribution in [3.63, 3.8) is 0 Å². The lowest BCUT2D eigenvalue weighted by atomic mass is 9.79. The molecule has 1 aromatic heterocycles. The van der Waals surface area contributed by atoms with Crippen molar-refractivity contribution in [1.29, 1.82) is 0 Å². The number of alkyl halides is 1. The molecule has 0 N–H and O–H groups in total. The van der Waals surface area contributed by atoms with Gasteiger partial charge in [0.05, 0.1) is 6.54 Å². The van der Waals surface area contributed by atoms with Crippen LogP contribution in [-0.2, 0) is 11.3 Å². The summed E-state index contributed by atoms with van der Waals surface area (Å²) in [5.74, 6) is 1.21. The summed E-state index contributed by atoms with van der Waals surface area (Å²) in [7, 11) is 0. The van der Waals surface area contributed by atoms with Crippen molar-refractivity contribution in [2.75, 3.05) is 5.88 Å². The fraction of sp³-hybridized carbons (Fsp3) is 0.667. The zero-order valence-electron chi connectivity index (χ0n) is 10.2. The lowest BCUT2D eigenvalue weighted by Gasteiger charge is -2.38. The highest BCUT2D eigenvalue weighted by molar-refractivity contribution is 9.10. The molecule has 1 aliphatic rings. The molecule has 1 aromatic rings. The summed E-state index contributed by atoms with van der Waals surface area (Å²) in [5, 5.41) is 3.76. The Morgan fingerprint density at radius 2 is 2.44 bits per heavy atom. The molecule has 0 aliphatic heterocycles. The smallest absolute Gasteiger partial charge is 0.238 e. The second-order valence-corrected chi connectivity index (χ2v) is 5.78. The Kier molecular flexibility index (Phi) is 4.67. The summed E-state index contributed by atoms with van der Waals surface area (Å²) in [5.41, 5.74) is 0. The minimum atomic E-state index is -0.0522. The molecule has 0 saturated heterocycles. The van der Waals surface area contributed by atoms with Gasteiger partial charge in [0.1, 0.15) is 10.5 Å². The van der Waals surface area contributed by atoms with Gasteiger partial charge in [0.2, 0.25) is 5.91 Å². The Labute approximate surface area is 120 Å². The quantitative estimate of drug-likeness (QED) is 0.776. The number of hydrogen-bond donors (Lipinski definition) is 0. The molecule has 1 aliphatic carbocycles. The molecule has 1 heterocycles. The molecule has 100 valence electrons. The molecule has 1 atom stereocenters. The molecule has 0 radical (unpaired) electrons. The van der Waals surface area contributed by atoms with Gasteiger partial charge in [-0.25, -0.2) is 0 Å². The number of carbonyl (C=O) groups excluding carboxylic acids is 1. The Balaban J connectivity index is 2.06. The second kappa shape index (κ2) is 6.06. The number of carbonyl (C=O) groups is 1. The SMILES string of the molecule is C[C@H](C1CCC1)N(Cc1cc(Br)no1)C(=O)CCl. The monoisotopic (exact) mass is 334 g/mol. The topological polar surface area (TPSA) is 46.3 Å². The van der Waals surface area contributed by atoms with Crippen LogP contribution >= 0.6 is 27.5 Å². The van der Waals surface area contributed by atoms with Crippen LogP contribution in [0.25, 0.3) is 0 Å². The van der Waals surface area contributed by atoms with Crippen LogP contribution in [0.4, 0.5) is 0 Å². The van der Waals surface area contributed by atoms with Gasteiger partial charge in [-0.15, -0.1) is 11.6 Å². The second-order valence-electron chi connectivity index (χ2n) is 4.70. The number of hydrogen-bond acceptors (Lipinski definition) is 3. The van der Waals surface area contributed by atoms with E-state index in [0.717, 1.165) is 0 Å². The van der Waals surface area contributed by atoms with Crippen molar-refractivity contribution in [3.8, 4) is 0 Å². The summed E-state index contributed by atoms with van der Waals surface area (Å²) in [6.45, 7) is 2.52. The largest absolute Gasteiger partial charge is 0.358 e. The van der Waals surface area contributed by atoms with E-state index in [2.05, 4.69) is 28.0 Å².